The highest BCUT2D eigenvalue weighted by molar-refractivity contribution is 6.43. The number of nitrogens with zero attached hydrogens (tertiary/aromatic N) is 2. The van der Waals surface area contributed by atoms with E-state index in [-0.39, 0.29) is 0 Å². The Bertz CT molecular complexity index is 570. The van der Waals surface area contributed by atoms with Crippen molar-refractivity contribution in [3.63, 3.8) is 0 Å². The van der Waals surface area contributed by atoms with Crippen LogP contribution in [0.3, 0.4) is 0 Å². The van der Waals surface area contributed by atoms with Crippen molar-refractivity contribution in [2.24, 2.45) is 0 Å². The van der Waals surface area contributed by atoms with Gasteiger partial charge in [0, 0.05) is 30.1 Å². The smallest absolute Gasteiger partial charge is 0.0671 e. The maximum Gasteiger partial charge on any atom is 0.0671 e. The van der Waals surface area contributed by atoms with E-state index in [1.54, 1.807) is 6.07 Å². The highest BCUT2D eigenvalue weighted by atomic mass is 35.5. The minimum absolute atomic E-state index is 0.565. The zero-order valence-electron chi connectivity index (χ0n) is 11.0. The number of pyridine rings is 1. The Hall–Kier alpha value is -1.09. The summed E-state index contributed by atoms with van der Waals surface area (Å²) in [7, 11) is 2.08. The summed E-state index contributed by atoms with van der Waals surface area (Å²) in [5.41, 5.74) is 3.08. The molecule has 0 amide bonds. The van der Waals surface area contributed by atoms with Gasteiger partial charge in [0.05, 0.1) is 10.0 Å². The van der Waals surface area contributed by atoms with Crippen molar-refractivity contribution in [2.75, 3.05) is 13.6 Å². The molecule has 1 heterocycles. The lowest BCUT2D eigenvalue weighted by Crippen LogP contribution is -2.16. The van der Waals surface area contributed by atoms with Crippen molar-refractivity contribution in [2.45, 2.75) is 13.5 Å². The number of aromatic nitrogens is 1. The lowest BCUT2D eigenvalue weighted by molar-refractivity contribution is 0.345. The van der Waals surface area contributed by atoms with Crippen LogP contribution in [0.5, 0.6) is 0 Å². The summed E-state index contributed by atoms with van der Waals surface area (Å²) in [5, 5.41) is 1.14. The number of hydrogen-bond donors (Lipinski definition) is 0. The van der Waals surface area contributed by atoms with Crippen molar-refractivity contribution in [3.8, 4) is 11.1 Å². The molecule has 0 bridgehead atoms. The van der Waals surface area contributed by atoms with Crippen LogP contribution in [0.4, 0.5) is 0 Å². The standard InChI is InChI=1S/C15H16Cl2N2/c1-3-19(2)10-11-7-12(9-18-8-11)13-5-4-6-14(16)15(13)17/h4-9H,3,10H2,1-2H3. The van der Waals surface area contributed by atoms with Gasteiger partial charge in [0.2, 0.25) is 0 Å². The summed E-state index contributed by atoms with van der Waals surface area (Å²) in [6.07, 6.45) is 3.70. The fraction of sp³-hybridized carbons (Fsp3) is 0.267. The maximum absolute atomic E-state index is 6.24. The molecule has 0 unspecified atom stereocenters. The molecule has 0 saturated carbocycles. The molecule has 100 valence electrons. The Morgan fingerprint density at radius 1 is 1.21 bits per heavy atom. The van der Waals surface area contributed by atoms with Gasteiger partial charge in [-0.25, -0.2) is 0 Å². The molecule has 0 spiro atoms. The lowest BCUT2D eigenvalue weighted by Gasteiger charge is -2.14. The number of benzene rings is 1. The van der Waals surface area contributed by atoms with Crippen LogP contribution in [0, 0.1) is 0 Å². The van der Waals surface area contributed by atoms with Gasteiger partial charge in [0.1, 0.15) is 0 Å². The second-order valence-corrected chi connectivity index (χ2v) is 5.30. The van der Waals surface area contributed by atoms with E-state index in [0.717, 1.165) is 29.8 Å². The molecule has 1 aromatic heterocycles. The summed E-state index contributed by atoms with van der Waals surface area (Å²) in [6.45, 7) is 4.00. The molecule has 0 saturated heterocycles. The van der Waals surface area contributed by atoms with Gasteiger partial charge in [-0.2, -0.15) is 0 Å². The van der Waals surface area contributed by atoms with Crippen LogP contribution in [-0.2, 0) is 6.54 Å². The van der Waals surface area contributed by atoms with Gasteiger partial charge in [0.15, 0.2) is 0 Å². The third kappa shape index (κ3) is 3.47. The Morgan fingerprint density at radius 2 is 2.00 bits per heavy atom. The number of rotatable bonds is 4. The summed E-state index contributed by atoms with van der Waals surface area (Å²) >= 11 is 12.3. The fourth-order valence-electron chi connectivity index (χ4n) is 1.87. The van der Waals surface area contributed by atoms with Crippen LogP contribution < -0.4 is 0 Å². The minimum atomic E-state index is 0.565. The van der Waals surface area contributed by atoms with Crippen molar-refractivity contribution in [1.82, 2.24) is 9.88 Å². The van der Waals surface area contributed by atoms with Crippen molar-refractivity contribution in [1.29, 1.82) is 0 Å². The molecule has 1 aromatic carbocycles. The van der Waals surface area contributed by atoms with Gasteiger partial charge in [-0.15, -0.1) is 0 Å². The summed E-state index contributed by atoms with van der Waals surface area (Å²) in [4.78, 5) is 6.51. The first-order valence-electron chi connectivity index (χ1n) is 6.18. The first kappa shape index (κ1) is 14.3. The molecule has 0 aliphatic carbocycles. The van der Waals surface area contributed by atoms with Crippen LogP contribution in [0.1, 0.15) is 12.5 Å². The number of hydrogen-bond acceptors (Lipinski definition) is 2. The molecule has 0 N–H and O–H groups in total. The minimum Gasteiger partial charge on any atom is -0.302 e. The van der Waals surface area contributed by atoms with E-state index in [9.17, 15) is 0 Å². The Morgan fingerprint density at radius 3 is 2.74 bits per heavy atom. The molecular weight excluding hydrogens is 279 g/mol. The van der Waals surface area contributed by atoms with Gasteiger partial charge in [-0.05, 0) is 31.3 Å². The van der Waals surface area contributed by atoms with Crippen molar-refractivity contribution in [3.05, 3.63) is 52.3 Å². The Balaban J connectivity index is 2.35. The van der Waals surface area contributed by atoms with E-state index < -0.39 is 0 Å². The molecule has 19 heavy (non-hydrogen) atoms. The fourth-order valence-corrected chi connectivity index (χ4v) is 2.28. The van der Waals surface area contributed by atoms with Crippen LogP contribution in [-0.4, -0.2) is 23.5 Å². The van der Waals surface area contributed by atoms with Crippen molar-refractivity contribution >= 4 is 23.2 Å². The van der Waals surface area contributed by atoms with Crippen molar-refractivity contribution < 1.29 is 0 Å². The first-order valence-corrected chi connectivity index (χ1v) is 6.94. The van der Waals surface area contributed by atoms with Crippen LogP contribution in [0.25, 0.3) is 11.1 Å². The third-order valence-corrected chi connectivity index (χ3v) is 3.87. The molecule has 2 nitrogen and oxygen atoms in total. The van der Waals surface area contributed by atoms with E-state index in [1.807, 2.05) is 24.5 Å². The van der Waals surface area contributed by atoms with Gasteiger partial charge < -0.3 is 4.90 Å². The van der Waals surface area contributed by atoms with Crippen LogP contribution in [0.2, 0.25) is 10.0 Å². The quantitative estimate of drug-likeness (QED) is 0.825. The van der Waals surface area contributed by atoms with Gasteiger partial charge in [-0.3, -0.25) is 4.98 Å². The Kier molecular flexibility index (Phi) is 4.81. The molecular formula is C15H16Cl2N2. The van der Waals surface area contributed by atoms with Gasteiger partial charge in [-0.1, -0.05) is 42.3 Å². The second-order valence-electron chi connectivity index (χ2n) is 4.51. The van der Waals surface area contributed by atoms with E-state index >= 15 is 0 Å². The average Bonchev–Trinajstić information content (AvgIpc) is 2.42. The normalized spacial score (nSPS) is 11.0. The SMILES string of the molecule is CCN(C)Cc1cncc(-c2cccc(Cl)c2Cl)c1. The average molecular weight is 295 g/mol. The highest BCUT2D eigenvalue weighted by Gasteiger charge is 2.08. The molecule has 4 heteroatoms. The zero-order chi connectivity index (χ0) is 13.8. The monoisotopic (exact) mass is 294 g/mol. The summed E-state index contributed by atoms with van der Waals surface area (Å²) in [6, 6.07) is 7.75. The van der Waals surface area contributed by atoms with E-state index in [2.05, 4.69) is 29.9 Å². The van der Waals surface area contributed by atoms with E-state index in [0.29, 0.717) is 10.0 Å². The van der Waals surface area contributed by atoms with Crippen LogP contribution >= 0.6 is 23.2 Å². The molecule has 0 atom stereocenters. The molecule has 0 aliphatic rings. The van der Waals surface area contributed by atoms with Gasteiger partial charge in [0.25, 0.3) is 0 Å². The predicted octanol–water partition coefficient (Wildman–Crippen LogP) is 4.51. The first-order chi connectivity index (χ1) is 9.11. The third-order valence-electron chi connectivity index (χ3n) is 3.05. The summed E-state index contributed by atoms with van der Waals surface area (Å²) in [5.74, 6) is 0. The van der Waals surface area contributed by atoms with Crippen LogP contribution in [0.15, 0.2) is 36.7 Å². The highest BCUT2D eigenvalue weighted by Crippen LogP contribution is 2.33. The molecule has 2 aromatic rings. The molecule has 2 rings (SSSR count). The molecule has 0 radical (unpaired) electrons. The largest absolute Gasteiger partial charge is 0.302 e. The van der Waals surface area contributed by atoms with E-state index in [1.165, 1.54) is 0 Å². The van der Waals surface area contributed by atoms with E-state index in [4.69, 9.17) is 23.2 Å². The lowest BCUT2D eigenvalue weighted by atomic mass is 10.1. The number of halogens is 2. The molecule has 0 fully saturated rings. The zero-order valence-corrected chi connectivity index (χ0v) is 12.5. The van der Waals surface area contributed by atoms with Gasteiger partial charge >= 0.3 is 0 Å². The topological polar surface area (TPSA) is 16.1 Å². The Labute approximate surface area is 124 Å². The molecule has 0 aliphatic heterocycles. The predicted molar refractivity (Wildman–Crippen MR) is 81.7 cm³/mol. The maximum atomic E-state index is 6.24. The summed E-state index contributed by atoms with van der Waals surface area (Å²) < 4.78 is 0. The second kappa shape index (κ2) is 6.38.